The number of carbonyl (C=O) groups excluding carboxylic acids is 2. The highest BCUT2D eigenvalue weighted by Crippen LogP contribution is 2.16. The van der Waals surface area contributed by atoms with Gasteiger partial charge in [0.15, 0.2) is 0 Å². The third-order valence-corrected chi connectivity index (χ3v) is 4.67. The lowest BCUT2D eigenvalue weighted by Gasteiger charge is -2.31. The van der Waals surface area contributed by atoms with Gasteiger partial charge in [-0.3, -0.25) is 9.59 Å². The predicted octanol–water partition coefficient (Wildman–Crippen LogP) is 4.01. The third kappa shape index (κ3) is 5.91. The van der Waals surface area contributed by atoms with E-state index in [-0.39, 0.29) is 18.2 Å². The van der Waals surface area contributed by atoms with Crippen LogP contribution in [0.25, 0.3) is 0 Å². The molecule has 1 N–H and O–H groups in total. The van der Waals surface area contributed by atoms with Crippen LogP contribution in [0.5, 0.6) is 0 Å². The first-order valence-electron chi connectivity index (χ1n) is 9.82. The van der Waals surface area contributed by atoms with Crippen molar-refractivity contribution >= 4 is 11.8 Å². The van der Waals surface area contributed by atoms with Gasteiger partial charge in [-0.15, -0.1) is 0 Å². The van der Waals surface area contributed by atoms with Crippen LogP contribution in [0.2, 0.25) is 0 Å². The zero-order valence-corrected chi connectivity index (χ0v) is 16.9. The van der Waals surface area contributed by atoms with Gasteiger partial charge in [0.1, 0.15) is 11.9 Å². The zero-order valence-electron chi connectivity index (χ0n) is 16.9. The Morgan fingerprint density at radius 2 is 1.86 bits per heavy atom. The van der Waals surface area contributed by atoms with Crippen molar-refractivity contribution in [2.45, 2.75) is 52.6 Å². The number of halogens is 1. The van der Waals surface area contributed by atoms with Gasteiger partial charge in [0.25, 0.3) is 0 Å². The van der Waals surface area contributed by atoms with Crippen LogP contribution < -0.4 is 5.32 Å². The Balaban J connectivity index is 2.29. The highest BCUT2D eigenvalue weighted by Gasteiger charge is 2.28. The molecule has 2 aromatic carbocycles. The molecule has 2 rings (SSSR count). The van der Waals surface area contributed by atoms with Crippen molar-refractivity contribution in [1.29, 1.82) is 0 Å². The summed E-state index contributed by atoms with van der Waals surface area (Å²) >= 11 is 0. The largest absolute Gasteiger partial charge is 0.354 e. The Morgan fingerprint density at radius 1 is 1.11 bits per heavy atom. The minimum Gasteiger partial charge on any atom is -0.354 e. The third-order valence-electron chi connectivity index (χ3n) is 4.67. The quantitative estimate of drug-likeness (QED) is 0.710. The zero-order chi connectivity index (χ0) is 20.5. The second-order valence-corrected chi connectivity index (χ2v) is 6.99. The number of benzene rings is 2. The van der Waals surface area contributed by atoms with Gasteiger partial charge in [-0.05, 0) is 37.0 Å². The van der Waals surface area contributed by atoms with E-state index in [1.807, 2.05) is 45.0 Å². The van der Waals surface area contributed by atoms with Crippen molar-refractivity contribution in [3.63, 3.8) is 0 Å². The number of carbonyl (C=O) groups is 2. The first kappa shape index (κ1) is 21.6. The van der Waals surface area contributed by atoms with Crippen molar-refractivity contribution < 1.29 is 14.0 Å². The van der Waals surface area contributed by atoms with E-state index >= 15 is 0 Å². The smallest absolute Gasteiger partial charge is 0.242 e. The maximum absolute atomic E-state index is 14.1. The van der Waals surface area contributed by atoms with Crippen molar-refractivity contribution in [2.75, 3.05) is 6.54 Å². The minimum atomic E-state index is -0.591. The summed E-state index contributed by atoms with van der Waals surface area (Å²) in [6.45, 7) is 6.73. The summed E-state index contributed by atoms with van der Waals surface area (Å²) in [5.41, 5.74) is 2.37. The molecule has 1 unspecified atom stereocenters. The van der Waals surface area contributed by atoms with Gasteiger partial charge in [-0.25, -0.2) is 4.39 Å². The van der Waals surface area contributed by atoms with E-state index in [9.17, 15) is 14.0 Å². The molecule has 0 radical (unpaired) electrons. The SMILES string of the molecule is CCCNC(=O)C(CC)N(Cc1cccc(C)c1)C(=O)Cc1ccccc1F. The first-order chi connectivity index (χ1) is 13.5. The highest BCUT2D eigenvalue weighted by molar-refractivity contribution is 5.88. The lowest BCUT2D eigenvalue weighted by atomic mass is 10.1. The first-order valence-corrected chi connectivity index (χ1v) is 9.82. The van der Waals surface area contributed by atoms with E-state index < -0.39 is 11.9 Å². The van der Waals surface area contributed by atoms with Crippen LogP contribution in [-0.4, -0.2) is 29.3 Å². The van der Waals surface area contributed by atoms with Gasteiger partial charge in [0.2, 0.25) is 11.8 Å². The van der Waals surface area contributed by atoms with E-state index in [4.69, 9.17) is 0 Å². The van der Waals surface area contributed by atoms with E-state index in [1.54, 1.807) is 23.1 Å². The summed E-state index contributed by atoms with van der Waals surface area (Å²) in [4.78, 5) is 27.4. The number of rotatable bonds is 9. The van der Waals surface area contributed by atoms with E-state index in [2.05, 4.69) is 5.32 Å². The summed E-state index contributed by atoms with van der Waals surface area (Å²) in [5, 5.41) is 2.88. The van der Waals surface area contributed by atoms with Crippen molar-refractivity contribution in [3.05, 3.63) is 71.0 Å². The molecule has 0 aliphatic carbocycles. The molecule has 2 aromatic rings. The van der Waals surface area contributed by atoms with Crippen LogP contribution in [0.4, 0.5) is 4.39 Å². The van der Waals surface area contributed by atoms with E-state index in [0.717, 1.165) is 17.5 Å². The van der Waals surface area contributed by atoms with Crippen LogP contribution in [-0.2, 0) is 22.6 Å². The molecule has 0 saturated carbocycles. The van der Waals surface area contributed by atoms with Crippen LogP contribution in [0.1, 0.15) is 43.4 Å². The van der Waals surface area contributed by atoms with Gasteiger partial charge >= 0.3 is 0 Å². The fraction of sp³-hybridized carbons (Fsp3) is 0.391. The fourth-order valence-electron chi connectivity index (χ4n) is 3.20. The minimum absolute atomic E-state index is 0.0734. The van der Waals surface area contributed by atoms with E-state index in [1.165, 1.54) is 6.07 Å². The van der Waals surface area contributed by atoms with Crippen LogP contribution in [0.3, 0.4) is 0 Å². The summed E-state index contributed by atoms with van der Waals surface area (Å²) in [7, 11) is 0. The highest BCUT2D eigenvalue weighted by atomic mass is 19.1. The molecule has 0 heterocycles. The lowest BCUT2D eigenvalue weighted by molar-refractivity contribution is -0.141. The molecule has 0 aliphatic heterocycles. The average molecular weight is 384 g/mol. The van der Waals surface area contributed by atoms with Gasteiger partial charge < -0.3 is 10.2 Å². The molecule has 0 fully saturated rings. The number of aryl methyl sites for hydroxylation is 1. The monoisotopic (exact) mass is 384 g/mol. The molecule has 2 amide bonds. The van der Waals surface area contributed by atoms with Gasteiger partial charge in [0, 0.05) is 13.1 Å². The topological polar surface area (TPSA) is 49.4 Å². The summed E-state index contributed by atoms with van der Waals surface area (Å²) in [6.07, 6.45) is 1.24. The lowest BCUT2D eigenvalue weighted by Crippen LogP contribution is -2.49. The molecule has 0 saturated heterocycles. The van der Waals surface area contributed by atoms with Crippen LogP contribution in [0.15, 0.2) is 48.5 Å². The Kier molecular flexibility index (Phi) is 8.18. The second kappa shape index (κ2) is 10.6. The molecule has 0 aliphatic rings. The molecule has 5 heteroatoms. The van der Waals surface area contributed by atoms with Gasteiger partial charge in [-0.1, -0.05) is 61.9 Å². The number of nitrogens with one attached hydrogen (secondary N) is 1. The molecule has 0 spiro atoms. The average Bonchev–Trinajstić information content (AvgIpc) is 2.68. The molecule has 0 bridgehead atoms. The second-order valence-electron chi connectivity index (χ2n) is 6.99. The maximum atomic E-state index is 14.1. The summed E-state index contributed by atoms with van der Waals surface area (Å²) < 4.78 is 14.1. The van der Waals surface area contributed by atoms with Crippen molar-refractivity contribution in [2.24, 2.45) is 0 Å². The Morgan fingerprint density at radius 3 is 2.50 bits per heavy atom. The summed E-state index contributed by atoms with van der Waals surface area (Å²) in [6, 6.07) is 13.5. The van der Waals surface area contributed by atoms with Gasteiger partial charge in [-0.2, -0.15) is 0 Å². The number of amides is 2. The Labute approximate surface area is 166 Å². The molecular formula is C23H29FN2O2. The van der Waals surface area contributed by atoms with Crippen molar-refractivity contribution in [1.82, 2.24) is 10.2 Å². The predicted molar refractivity (Wildman–Crippen MR) is 109 cm³/mol. The number of hydrogen-bond donors (Lipinski definition) is 1. The molecule has 28 heavy (non-hydrogen) atoms. The normalized spacial score (nSPS) is 11.7. The van der Waals surface area contributed by atoms with Crippen LogP contribution in [0, 0.1) is 12.7 Å². The molecule has 4 nitrogen and oxygen atoms in total. The van der Waals surface area contributed by atoms with E-state index in [0.29, 0.717) is 25.1 Å². The standard InChI is InChI=1S/C23H29FN2O2/c1-4-13-25-23(28)21(5-2)26(16-18-10-8-9-17(3)14-18)22(27)15-19-11-6-7-12-20(19)24/h6-12,14,21H,4-5,13,15-16H2,1-3H3,(H,25,28). The summed E-state index contributed by atoms with van der Waals surface area (Å²) in [5.74, 6) is -0.834. The number of nitrogens with zero attached hydrogens (tertiary/aromatic N) is 1. The maximum Gasteiger partial charge on any atom is 0.242 e. The fourth-order valence-corrected chi connectivity index (χ4v) is 3.20. The molecule has 0 aromatic heterocycles. The Hall–Kier alpha value is -2.69. The van der Waals surface area contributed by atoms with Gasteiger partial charge in [0.05, 0.1) is 6.42 Å². The Bertz CT molecular complexity index is 807. The number of hydrogen-bond acceptors (Lipinski definition) is 2. The van der Waals surface area contributed by atoms with Crippen LogP contribution >= 0.6 is 0 Å². The molecule has 150 valence electrons. The molecular weight excluding hydrogens is 355 g/mol. The van der Waals surface area contributed by atoms with Crippen molar-refractivity contribution in [3.8, 4) is 0 Å². The molecule has 1 atom stereocenters.